The molecule has 0 radical (unpaired) electrons. The van der Waals surface area contributed by atoms with Gasteiger partial charge in [0.1, 0.15) is 0 Å². The molecule has 0 amide bonds. The molecule has 0 saturated carbocycles. The van der Waals surface area contributed by atoms with Crippen molar-refractivity contribution in [3.63, 3.8) is 0 Å². The molecule has 1 fully saturated rings. The highest BCUT2D eigenvalue weighted by molar-refractivity contribution is 9.10. The van der Waals surface area contributed by atoms with Crippen LogP contribution >= 0.6 is 15.9 Å². The molecule has 0 unspecified atom stereocenters. The molecule has 106 valence electrons. The first kappa shape index (κ1) is 14.6. The summed E-state index contributed by atoms with van der Waals surface area (Å²) in [6, 6.07) is 3.38. The maximum Gasteiger partial charge on any atom is 0.417 e. The molecule has 2 rings (SSSR count). The van der Waals surface area contributed by atoms with Crippen molar-refractivity contribution in [3.8, 4) is 0 Å². The van der Waals surface area contributed by atoms with Crippen LogP contribution in [0.25, 0.3) is 0 Å². The first-order valence-electron chi connectivity index (χ1n) is 5.69. The molecule has 0 aliphatic carbocycles. The first-order valence-corrected chi connectivity index (χ1v) is 6.48. The second kappa shape index (κ2) is 4.92. The number of benzene rings is 1. The van der Waals surface area contributed by atoms with Crippen molar-refractivity contribution in [1.82, 2.24) is 0 Å². The van der Waals surface area contributed by atoms with Crippen LogP contribution in [-0.4, -0.2) is 19.0 Å². The van der Waals surface area contributed by atoms with E-state index in [1.165, 1.54) is 17.0 Å². The number of alkyl halides is 5. The molecule has 0 N–H and O–H groups in total. The van der Waals surface area contributed by atoms with Crippen LogP contribution in [-0.2, 0) is 6.18 Å². The molecule has 1 aromatic carbocycles. The van der Waals surface area contributed by atoms with Gasteiger partial charge in [0, 0.05) is 23.1 Å². The van der Waals surface area contributed by atoms with E-state index in [4.69, 9.17) is 0 Å². The molecule has 1 aliphatic heterocycles. The predicted molar refractivity (Wildman–Crippen MR) is 65.5 cm³/mol. The van der Waals surface area contributed by atoms with Gasteiger partial charge in [0.15, 0.2) is 0 Å². The van der Waals surface area contributed by atoms with Gasteiger partial charge in [-0.2, -0.15) is 13.2 Å². The number of halogens is 6. The zero-order chi connectivity index (χ0) is 14.3. The van der Waals surface area contributed by atoms with Crippen LogP contribution in [0.5, 0.6) is 0 Å². The summed E-state index contributed by atoms with van der Waals surface area (Å²) in [6.07, 6.45) is -4.31. The second-order valence-electron chi connectivity index (χ2n) is 4.54. The third-order valence-corrected chi connectivity index (χ3v) is 3.67. The highest BCUT2D eigenvalue weighted by Gasteiger charge is 2.36. The van der Waals surface area contributed by atoms with Crippen LogP contribution in [0, 0.1) is 0 Å². The number of hydrogen-bond donors (Lipinski definition) is 0. The van der Waals surface area contributed by atoms with Gasteiger partial charge in [-0.25, -0.2) is 8.78 Å². The van der Waals surface area contributed by atoms with E-state index >= 15 is 0 Å². The van der Waals surface area contributed by atoms with Gasteiger partial charge in [-0.1, -0.05) is 15.9 Å². The van der Waals surface area contributed by atoms with Crippen molar-refractivity contribution in [3.05, 3.63) is 28.2 Å². The predicted octanol–water partition coefficient (Wildman–Crippen LogP) is 4.70. The summed E-state index contributed by atoms with van der Waals surface area (Å²) in [5, 5.41) is 0. The Bertz CT molecular complexity index is 472. The summed E-state index contributed by atoms with van der Waals surface area (Å²) in [5.74, 6) is -2.78. The summed E-state index contributed by atoms with van der Waals surface area (Å²) in [6.45, 7) is -0.0296. The lowest BCUT2D eigenvalue weighted by molar-refractivity contribution is -0.138. The van der Waals surface area contributed by atoms with Crippen LogP contribution in [0.2, 0.25) is 0 Å². The average Bonchev–Trinajstić information content (AvgIpc) is 2.25. The average molecular weight is 344 g/mol. The van der Waals surface area contributed by atoms with Crippen molar-refractivity contribution < 1.29 is 22.0 Å². The molecule has 0 bridgehead atoms. The Morgan fingerprint density at radius 3 is 2.42 bits per heavy atom. The van der Waals surface area contributed by atoms with E-state index in [-0.39, 0.29) is 10.9 Å². The molecule has 0 spiro atoms. The second-order valence-corrected chi connectivity index (χ2v) is 5.40. The summed E-state index contributed by atoms with van der Waals surface area (Å²) in [4.78, 5) is 1.41. The zero-order valence-corrected chi connectivity index (χ0v) is 11.4. The van der Waals surface area contributed by atoms with Crippen molar-refractivity contribution in [2.45, 2.75) is 24.9 Å². The molecule has 1 saturated heterocycles. The minimum atomic E-state index is -4.46. The SMILES string of the molecule is FC1(F)CCCN(c2ccc(C(F)(F)F)c(Br)c2)C1. The lowest BCUT2D eigenvalue weighted by Gasteiger charge is -2.34. The summed E-state index contributed by atoms with van der Waals surface area (Å²) in [5.41, 5.74) is -0.431. The van der Waals surface area contributed by atoms with Gasteiger partial charge >= 0.3 is 6.18 Å². The minimum Gasteiger partial charge on any atom is -0.365 e. The number of piperidine rings is 1. The van der Waals surface area contributed by atoms with Gasteiger partial charge in [0.25, 0.3) is 5.92 Å². The lowest BCUT2D eigenvalue weighted by Crippen LogP contribution is -2.42. The number of hydrogen-bond acceptors (Lipinski definition) is 1. The molecule has 7 heteroatoms. The van der Waals surface area contributed by atoms with Gasteiger partial charge in [0.2, 0.25) is 0 Å². The number of nitrogens with zero attached hydrogens (tertiary/aromatic N) is 1. The molecule has 0 aromatic heterocycles. The Balaban J connectivity index is 2.25. The molecule has 1 heterocycles. The van der Waals surface area contributed by atoms with E-state index < -0.39 is 24.2 Å². The van der Waals surface area contributed by atoms with E-state index in [9.17, 15) is 22.0 Å². The monoisotopic (exact) mass is 343 g/mol. The molecular weight excluding hydrogens is 333 g/mol. The van der Waals surface area contributed by atoms with E-state index in [1.54, 1.807) is 0 Å². The first-order chi connectivity index (χ1) is 8.69. The Kier molecular flexibility index (Phi) is 3.77. The Morgan fingerprint density at radius 2 is 1.89 bits per heavy atom. The number of rotatable bonds is 1. The van der Waals surface area contributed by atoms with Gasteiger partial charge in [-0.3, -0.25) is 0 Å². The zero-order valence-electron chi connectivity index (χ0n) is 9.78. The third-order valence-electron chi connectivity index (χ3n) is 3.02. The van der Waals surface area contributed by atoms with Crippen molar-refractivity contribution in [2.75, 3.05) is 18.0 Å². The van der Waals surface area contributed by atoms with E-state index in [0.717, 1.165) is 6.07 Å². The molecule has 1 aromatic rings. The van der Waals surface area contributed by atoms with Crippen LogP contribution in [0.15, 0.2) is 22.7 Å². The highest BCUT2D eigenvalue weighted by Crippen LogP contribution is 2.38. The molecule has 0 atom stereocenters. The fourth-order valence-corrected chi connectivity index (χ4v) is 2.71. The van der Waals surface area contributed by atoms with E-state index in [0.29, 0.717) is 18.7 Å². The highest BCUT2D eigenvalue weighted by atomic mass is 79.9. The van der Waals surface area contributed by atoms with Crippen LogP contribution < -0.4 is 4.90 Å². The maximum atomic E-state index is 13.3. The quantitative estimate of drug-likeness (QED) is 0.668. The van der Waals surface area contributed by atoms with Gasteiger partial charge in [0.05, 0.1) is 12.1 Å². The smallest absolute Gasteiger partial charge is 0.365 e. The summed E-state index contributed by atoms with van der Waals surface area (Å²) >= 11 is 2.84. The maximum absolute atomic E-state index is 13.3. The van der Waals surface area contributed by atoms with Crippen molar-refractivity contribution >= 4 is 21.6 Å². The summed E-state index contributed by atoms with van der Waals surface area (Å²) in [7, 11) is 0. The normalized spacial score (nSPS) is 19.6. The van der Waals surface area contributed by atoms with Crippen molar-refractivity contribution in [2.24, 2.45) is 0 Å². The Labute approximate surface area is 115 Å². The topological polar surface area (TPSA) is 3.24 Å². The van der Waals surface area contributed by atoms with E-state index in [1.807, 2.05) is 0 Å². The minimum absolute atomic E-state index is 0.133. The van der Waals surface area contributed by atoms with Crippen molar-refractivity contribution in [1.29, 1.82) is 0 Å². The lowest BCUT2D eigenvalue weighted by atomic mass is 10.1. The fourth-order valence-electron chi connectivity index (χ4n) is 2.12. The van der Waals surface area contributed by atoms with Gasteiger partial charge < -0.3 is 4.90 Å². The molecular formula is C12H11BrF5N. The third kappa shape index (κ3) is 3.38. The van der Waals surface area contributed by atoms with Gasteiger partial charge in [-0.15, -0.1) is 0 Å². The van der Waals surface area contributed by atoms with E-state index in [2.05, 4.69) is 15.9 Å². The standard InChI is InChI=1S/C12H11BrF5N/c13-10-6-8(2-3-9(10)12(16,17)18)19-5-1-4-11(14,15)7-19/h2-3,6H,1,4-5,7H2. The fraction of sp³-hybridized carbons (Fsp3) is 0.500. The van der Waals surface area contributed by atoms with Crippen LogP contribution in [0.3, 0.4) is 0 Å². The molecule has 1 nitrogen and oxygen atoms in total. The van der Waals surface area contributed by atoms with Crippen LogP contribution in [0.1, 0.15) is 18.4 Å². The Morgan fingerprint density at radius 1 is 1.21 bits per heavy atom. The van der Waals surface area contributed by atoms with Crippen LogP contribution in [0.4, 0.5) is 27.6 Å². The summed E-state index contributed by atoms with van der Waals surface area (Å²) < 4.78 is 64.2. The number of anilines is 1. The molecule has 1 aliphatic rings. The Hall–Kier alpha value is -0.850. The molecule has 19 heavy (non-hydrogen) atoms. The largest absolute Gasteiger partial charge is 0.417 e. The van der Waals surface area contributed by atoms with Gasteiger partial charge in [-0.05, 0) is 24.6 Å².